The highest BCUT2D eigenvalue weighted by Gasteiger charge is 2.23. The molecule has 0 spiro atoms. The van der Waals surface area contributed by atoms with E-state index in [2.05, 4.69) is 29.6 Å². The van der Waals surface area contributed by atoms with Gasteiger partial charge in [0, 0.05) is 6.42 Å². The summed E-state index contributed by atoms with van der Waals surface area (Å²) in [6.07, 6.45) is 0.868. The van der Waals surface area contributed by atoms with Crippen LogP contribution in [0.25, 0.3) is 0 Å². The van der Waals surface area contributed by atoms with Crippen LogP contribution in [0.5, 0.6) is 0 Å². The smallest absolute Gasteiger partial charge is 0.144 e. The zero-order chi connectivity index (χ0) is 13.1. The Morgan fingerprint density at radius 3 is 2.05 bits per heavy atom. The number of amidine groups is 1. The van der Waals surface area contributed by atoms with Crippen LogP contribution in [-0.4, -0.2) is 5.84 Å². The molecule has 4 nitrogen and oxygen atoms in total. The first kappa shape index (κ1) is 11.6. The lowest BCUT2D eigenvalue weighted by Gasteiger charge is -2.27. The molecule has 4 heteroatoms. The van der Waals surface area contributed by atoms with Crippen molar-refractivity contribution in [3.63, 3.8) is 0 Å². The predicted molar refractivity (Wildman–Crippen MR) is 78.7 cm³/mol. The van der Waals surface area contributed by atoms with Gasteiger partial charge in [-0.05, 0) is 24.3 Å². The summed E-state index contributed by atoms with van der Waals surface area (Å²) in [5, 5.41) is 8.44. The SMILES string of the molecule is CCC1=NN(c2ccccc2)N(c2ccccc2)N1. The Labute approximate surface area is 112 Å². The highest BCUT2D eigenvalue weighted by molar-refractivity contribution is 5.88. The molecule has 0 aromatic heterocycles. The molecular formula is C15H16N4. The van der Waals surface area contributed by atoms with Crippen molar-refractivity contribution < 1.29 is 0 Å². The van der Waals surface area contributed by atoms with Gasteiger partial charge in [-0.3, -0.25) is 5.43 Å². The number of hydrazone groups is 1. The van der Waals surface area contributed by atoms with Crippen molar-refractivity contribution in [2.24, 2.45) is 5.10 Å². The molecule has 0 fully saturated rings. The van der Waals surface area contributed by atoms with Gasteiger partial charge in [0.1, 0.15) is 5.84 Å². The minimum Gasteiger partial charge on any atom is -0.263 e. The van der Waals surface area contributed by atoms with Crippen LogP contribution in [0, 0.1) is 0 Å². The first-order valence-corrected chi connectivity index (χ1v) is 6.43. The number of anilines is 2. The van der Waals surface area contributed by atoms with E-state index < -0.39 is 0 Å². The molecule has 2 aromatic carbocycles. The topological polar surface area (TPSA) is 30.9 Å². The van der Waals surface area contributed by atoms with Crippen LogP contribution in [0.2, 0.25) is 0 Å². The van der Waals surface area contributed by atoms with Gasteiger partial charge in [-0.1, -0.05) is 43.3 Å². The van der Waals surface area contributed by atoms with Crippen molar-refractivity contribution in [2.75, 3.05) is 10.2 Å². The first-order valence-electron chi connectivity index (χ1n) is 6.43. The summed E-state index contributed by atoms with van der Waals surface area (Å²) in [5.41, 5.74) is 5.40. The zero-order valence-corrected chi connectivity index (χ0v) is 10.8. The van der Waals surface area contributed by atoms with E-state index in [0.29, 0.717) is 0 Å². The third-order valence-corrected chi connectivity index (χ3v) is 2.96. The van der Waals surface area contributed by atoms with Crippen molar-refractivity contribution >= 4 is 17.2 Å². The average molecular weight is 252 g/mol. The van der Waals surface area contributed by atoms with E-state index in [9.17, 15) is 0 Å². The van der Waals surface area contributed by atoms with E-state index in [-0.39, 0.29) is 0 Å². The molecule has 96 valence electrons. The van der Waals surface area contributed by atoms with Crippen LogP contribution >= 0.6 is 0 Å². The molecule has 0 aliphatic carbocycles. The molecule has 0 bridgehead atoms. The summed E-state index contributed by atoms with van der Waals surface area (Å²) in [7, 11) is 0. The van der Waals surface area contributed by atoms with Gasteiger partial charge in [0.2, 0.25) is 0 Å². The number of rotatable bonds is 3. The lowest BCUT2D eigenvalue weighted by Crippen LogP contribution is -2.44. The van der Waals surface area contributed by atoms with Crippen LogP contribution in [0.1, 0.15) is 13.3 Å². The molecule has 2 aromatic rings. The molecule has 0 radical (unpaired) electrons. The lowest BCUT2D eigenvalue weighted by atomic mass is 10.3. The molecule has 1 N–H and O–H groups in total. The molecule has 1 aliphatic rings. The molecule has 1 aliphatic heterocycles. The van der Waals surface area contributed by atoms with Gasteiger partial charge < -0.3 is 0 Å². The van der Waals surface area contributed by atoms with E-state index in [4.69, 9.17) is 0 Å². The van der Waals surface area contributed by atoms with E-state index in [1.165, 1.54) is 0 Å². The molecular weight excluding hydrogens is 236 g/mol. The Hall–Kier alpha value is -2.49. The highest BCUT2D eigenvalue weighted by Crippen LogP contribution is 2.24. The minimum absolute atomic E-state index is 0.868. The quantitative estimate of drug-likeness (QED) is 0.910. The highest BCUT2D eigenvalue weighted by atomic mass is 15.9. The maximum Gasteiger partial charge on any atom is 0.144 e. The fraction of sp³-hybridized carbons (Fsp3) is 0.133. The van der Waals surface area contributed by atoms with Crippen molar-refractivity contribution in [1.82, 2.24) is 5.43 Å². The molecule has 1 heterocycles. The van der Waals surface area contributed by atoms with Crippen LogP contribution in [0.15, 0.2) is 65.8 Å². The predicted octanol–water partition coefficient (Wildman–Crippen LogP) is 3.16. The van der Waals surface area contributed by atoms with Crippen LogP contribution in [0.4, 0.5) is 11.4 Å². The second kappa shape index (κ2) is 5.02. The minimum atomic E-state index is 0.868. The molecule has 0 saturated carbocycles. The van der Waals surface area contributed by atoms with Crippen LogP contribution in [0.3, 0.4) is 0 Å². The molecule has 0 amide bonds. The lowest BCUT2D eigenvalue weighted by molar-refractivity contribution is 0.768. The van der Waals surface area contributed by atoms with Crippen LogP contribution in [-0.2, 0) is 0 Å². The summed E-state index contributed by atoms with van der Waals surface area (Å²) in [6.45, 7) is 2.09. The number of nitrogens with one attached hydrogen (secondary N) is 1. The van der Waals surface area contributed by atoms with E-state index in [1.807, 2.05) is 58.8 Å². The largest absolute Gasteiger partial charge is 0.263 e. The summed E-state index contributed by atoms with van der Waals surface area (Å²) in [6, 6.07) is 20.3. The fourth-order valence-corrected chi connectivity index (χ4v) is 1.98. The van der Waals surface area contributed by atoms with E-state index in [1.54, 1.807) is 0 Å². The number of para-hydroxylation sites is 2. The van der Waals surface area contributed by atoms with Gasteiger partial charge in [-0.2, -0.15) is 10.2 Å². The Morgan fingerprint density at radius 2 is 1.47 bits per heavy atom. The van der Waals surface area contributed by atoms with Crippen LogP contribution < -0.4 is 15.7 Å². The molecule has 0 atom stereocenters. The summed E-state index contributed by atoms with van der Waals surface area (Å²) in [5.74, 6) is 0.952. The number of hydrogen-bond acceptors (Lipinski definition) is 4. The third-order valence-electron chi connectivity index (χ3n) is 2.96. The average Bonchev–Trinajstić information content (AvgIpc) is 2.93. The second-order valence-corrected chi connectivity index (χ2v) is 4.28. The Bertz CT molecular complexity index is 565. The number of hydrazine groups is 2. The fourth-order valence-electron chi connectivity index (χ4n) is 1.98. The van der Waals surface area contributed by atoms with Gasteiger partial charge >= 0.3 is 0 Å². The monoisotopic (exact) mass is 252 g/mol. The summed E-state index contributed by atoms with van der Waals surface area (Å²) < 4.78 is 0. The normalized spacial score (nSPS) is 14.3. The molecule has 0 unspecified atom stereocenters. The third kappa shape index (κ3) is 2.25. The van der Waals surface area contributed by atoms with E-state index >= 15 is 0 Å². The molecule has 3 rings (SSSR count). The van der Waals surface area contributed by atoms with Gasteiger partial charge in [0.05, 0.1) is 11.4 Å². The first-order chi connectivity index (χ1) is 9.38. The second-order valence-electron chi connectivity index (χ2n) is 4.28. The van der Waals surface area contributed by atoms with Gasteiger partial charge in [-0.15, -0.1) is 5.10 Å². The maximum atomic E-state index is 4.60. The van der Waals surface area contributed by atoms with Crippen molar-refractivity contribution in [2.45, 2.75) is 13.3 Å². The number of nitrogens with zero attached hydrogens (tertiary/aromatic N) is 3. The molecule has 0 saturated heterocycles. The van der Waals surface area contributed by atoms with Gasteiger partial charge in [0.25, 0.3) is 0 Å². The molecule has 19 heavy (non-hydrogen) atoms. The van der Waals surface area contributed by atoms with Crippen molar-refractivity contribution in [1.29, 1.82) is 0 Å². The van der Waals surface area contributed by atoms with Gasteiger partial charge in [-0.25, -0.2) is 0 Å². The summed E-state index contributed by atoms with van der Waals surface area (Å²) in [4.78, 5) is 0. The number of hydrogen-bond donors (Lipinski definition) is 1. The zero-order valence-electron chi connectivity index (χ0n) is 10.8. The Morgan fingerprint density at radius 1 is 0.895 bits per heavy atom. The summed E-state index contributed by atoms with van der Waals surface area (Å²) >= 11 is 0. The van der Waals surface area contributed by atoms with E-state index in [0.717, 1.165) is 23.6 Å². The maximum absolute atomic E-state index is 4.60. The Kier molecular flexibility index (Phi) is 3.06. The Balaban J connectivity index is 1.96. The van der Waals surface area contributed by atoms with Crippen molar-refractivity contribution in [3.8, 4) is 0 Å². The van der Waals surface area contributed by atoms with Gasteiger partial charge in [0.15, 0.2) is 0 Å². The number of benzene rings is 2. The standard InChI is InChI=1S/C15H16N4/c1-2-15-16-18(13-9-5-3-6-10-13)19(17-15)14-11-7-4-8-12-14/h3-12H,2H2,1H3,(H,16,17). The van der Waals surface area contributed by atoms with Crippen molar-refractivity contribution in [3.05, 3.63) is 60.7 Å².